The van der Waals surface area contributed by atoms with E-state index in [1.54, 1.807) is 13.8 Å². The van der Waals surface area contributed by atoms with Crippen LogP contribution in [0.3, 0.4) is 0 Å². The molecule has 1 aliphatic rings. The Morgan fingerprint density at radius 3 is 2.48 bits per heavy atom. The predicted molar refractivity (Wildman–Crippen MR) is 74.6 cm³/mol. The number of aliphatic carboxylic acids is 1. The topological polar surface area (TPSA) is 122 Å². The number of carboxylic acids is 1. The molecule has 1 fully saturated rings. The first-order valence-electron chi connectivity index (χ1n) is 7.03. The van der Waals surface area contributed by atoms with Gasteiger partial charge in [0.05, 0.1) is 18.6 Å². The fraction of sp³-hybridized carbons (Fsp3) is 0.769. The van der Waals surface area contributed by atoms with E-state index in [0.29, 0.717) is 19.4 Å². The SMILES string of the molecule is CCC(CC)(CNC(=O)N1CCOC(C(N)=O)C1)C(=O)O. The fourth-order valence-electron chi connectivity index (χ4n) is 2.24. The molecule has 4 N–H and O–H groups in total. The zero-order valence-electron chi connectivity index (χ0n) is 12.4. The second kappa shape index (κ2) is 7.26. The first kappa shape index (κ1) is 17.2. The minimum Gasteiger partial charge on any atom is -0.481 e. The molecule has 3 amide bonds. The second-order valence-corrected chi connectivity index (χ2v) is 5.16. The number of ether oxygens (including phenoxy) is 1. The van der Waals surface area contributed by atoms with Gasteiger partial charge in [-0.2, -0.15) is 0 Å². The number of carboxylic acid groups (broad SMARTS) is 1. The molecular formula is C13H23N3O5. The van der Waals surface area contributed by atoms with Crippen LogP contribution in [0.1, 0.15) is 26.7 Å². The molecular weight excluding hydrogens is 278 g/mol. The first-order valence-corrected chi connectivity index (χ1v) is 7.03. The van der Waals surface area contributed by atoms with Crippen LogP contribution < -0.4 is 11.1 Å². The van der Waals surface area contributed by atoms with Gasteiger partial charge < -0.3 is 25.8 Å². The summed E-state index contributed by atoms with van der Waals surface area (Å²) < 4.78 is 5.16. The highest BCUT2D eigenvalue weighted by Crippen LogP contribution is 2.25. The number of primary amides is 1. The summed E-state index contributed by atoms with van der Waals surface area (Å²) in [6, 6.07) is -0.405. The highest BCUT2D eigenvalue weighted by molar-refractivity contribution is 5.81. The zero-order valence-corrected chi connectivity index (χ0v) is 12.4. The Labute approximate surface area is 123 Å². The maximum atomic E-state index is 12.1. The molecule has 0 saturated carbocycles. The van der Waals surface area contributed by atoms with Gasteiger partial charge in [0, 0.05) is 13.1 Å². The number of hydrogen-bond donors (Lipinski definition) is 3. The van der Waals surface area contributed by atoms with Crippen LogP contribution in [0.5, 0.6) is 0 Å². The smallest absolute Gasteiger partial charge is 0.317 e. The number of carbonyl (C=O) groups is 3. The molecule has 21 heavy (non-hydrogen) atoms. The summed E-state index contributed by atoms with van der Waals surface area (Å²) >= 11 is 0. The monoisotopic (exact) mass is 301 g/mol. The second-order valence-electron chi connectivity index (χ2n) is 5.16. The van der Waals surface area contributed by atoms with Gasteiger partial charge in [-0.1, -0.05) is 13.8 Å². The van der Waals surface area contributed by atoms with Crippen LogP contribution in [0.4, 0.5) is 4.79 Å². The lowest BCUT2D eigenvalue weighted by Crippen LogP contribution is -2.54. The summed E-state index contributed by atoms with van der Waals surface area (Å²) in [6.07, 6.45) is 0.0317. The third kappa shape index (κ3) is 4.07. The standard InChI is InChI=1S/C13H23N3O5/c1-3-13(4-2,11(18)19)8-15-12(20)16-5-6-21-9(7-16)10(14)17/h9H,3-8H2,1-2H3,(H2,14,17)(H,15,20)(H,18,19). The van der Waals surface area contributed by atoms with Crippen LogP contribution in [-0.4, -0.2) is 60.3 Å². The Balaban J connectivity index is 2.60. The molecule has 1 aliphatic heterocycles. The predicted octanol–water partition coefficient (Wildman–Crippen LogP) is -0.227. The van der Waals surface area contributed by atoms with Gasteiger partial charge >= 0.3 is 12.0 Å². The zero-order chi connectivity index (χ0) is 16.0. The van der Waals surface area contributed by atoms with E-state index in [1.165, 1.54) is 4.90 Å². The van der Waals surface area contributed by atoms with Crippen molar-refractivity contribution in [2.45, 2.75) is 32.8 Å². The van der Waals surface area contributed by atoms with Gasteiger partial charge in [-0.15, -0.1) is 0 Å². The number of amides is 3. The Kier molecular flexibility index (Phi) is 5.95. The largest absolute Gasteiger partial charge is 0.481 e. The van der Waals surface area contributed by atoms with Crippen molar-refractivity contribution in [1.29, 1.82) is 0 Å². The van der Waals surface area contributed by atoms with Crippen molar-refractivity contribution in [3.63, 3.8) is 0 Å². The van der Waals surface area contributed by atoms with Gasteiger partial charge in [-0.05, 0) is 12.8 Å². The number of urea groups is 1. The van der Waals surface area contributed by atoms with Gasteiger partial charge in [-0.25, -0.2) is 4.79 Å². The van der Waals surface area contributed by atoms with E-state index < -0.39 is 29.4 Å². The lowest BCUT2D eigenvalue weighted by Gasteiger charge is -2.33. The lowest BCUT2D eigenvalue weighted by atomic mass is 9.82. The van der Waals surface area contributed by atoms with E-state index in [-0.39, 0.29) is 19.7 Å². The van der Waals surface area contributed by atoms with Gasteiger partial charge in [0.1, 0.15) is 0 Å². The molecule has 0 bridgehead atoms. The number of carbonyl (C=O) groups excluding carboxylic acids is 2. The minimum atomic E-state index is -0.967. The van der Waals surface area contributed by atoms with Crippen molar-refractivity contribution in [3.05, 3.63) is 0 Å². The van der Waals surface area contributed by atoms with E-state index in [2.05, 4.69) is 5.32 Å². The average Bonchev–Trinajstić information content (AvgIpc) is 2.48. The summed E-state index contributed by atoms with van der Waals surface area (Å²) in [7, 11) is 0. The molecule has 8 heteroatoms. The van der Waals surface area contributed by atoms with Crippen molar-refractivity contribution in [2.75, 3.05) is 26.2 Å². The third-order valence-corrected chi connectivity index (χ3v) is 4.06. The van der Waals surface area contributed by atoms with Crippen LogP contribution in [0.15, 0.2) is 0 Å². The first-order chi connectivity index (χ1) is 9.86. The number of rotatable bonds is 6. The Bertz CT molecular complexity index is 409. The number of nitrogens with zero attached hydrogens (tertiary/aromatic N) is 1. The molecule has 0 aromatic rings. The molecule has 1 rings (SSSR count). The van der Waals surface area contributed by atoms with Crippen LogP contribution in [0.25, 0.3) is 0 Å². The molecule has 1 atom stereocenters. The molecule has 0 aromatic heterocycles. The van der Waals surface area contributed by atoms with Crippen molar-refractivity contribution < 1.29 is 24.2 Å². The summed E-state index contributed by atoms with van der Waals surface area (Å²) in [5, 5.41) is 12.0. The Morgan fingerprint density at radius 2 is 2.00 bits per heavy atom. The number of hydrogen-bond acceptors (Lipinski definition) is 4. The molecule has 1 heterocycles. The Morgan fingerprint density at radius 1 is 1.38 bits per heavy atom. The van der Waals surface area contributed by atoms with Crippen molar-refractivity contribution in [1.82, 2.24) is 10.2 Å². The average molecular weight is 301 g/mol. The van der Waals surface area contributed by atoms with E-state index in [0.717, 1.165) is 0 Å². The van der Waals surface area contributed by atoms with E-state index >= 15 is 0 Å². The highest BCUT2D eigenvalue weighted by atomic mass is 16.5. The summed E-state index contributed by atoms with van der Waals surface area (Å²) in [4.78, 5) is 35.9. The van der Waals surface area contributed by atoms with Gasteiger partial charge in [-0.3, -0.25) is 9.59 Å². The van der Waals surface area contributed by atoms with Crippen molar-refractivity contribution >= 4 is 17.9 Å². The van der Waals surface area contributed by atoms with E-state index in [1.807, 2.05) is 0 Å². The fourth-order valence-corrected chi connectivity index (χ4v) is 2.24. The maximum Gasteiger partial charge on any atom is 0.317 e. The van der Waals surface area contributed by atoms with E-state index in [4.69, 9.17) is 10.5 Å². The minimum absolute atomic E-state index is 0.0484. The van der Waals surface area contributed by atoms with Crippen molar-refractivity contribution in [3.8, 4) is 0 Å². The number of morpholine rings is 1. The molecule has 0 aromatic carbocycles. The number of nitrogens with one attached hydrogen (secondary N) is 1. The lowest BCUT2D eigenvalue weighted by molar-refractivity contribution is -0.149. The van der Waals surface area contributed by atoms with Gasteiger partial charge in [0.15, 0.2) is 6.10 Å². The van der Waals surface area contributed by atoms with E-state index in [9.17, 15) is 19.5 Å². The Hall–Kier alpha value is -1.83. The quantitative estimate of drug-likeness (QED) is 0.625. The van der Waals surface area contributed by atoms with Crippen LogP contribution >= 0.6 is 0 Å². The molecule has 1 saturated heterocycles. The highest BCUT2D eigenvalue weighted by Gasteiger charge is 2.36. The molecule has 8 nitrogen and oxygen atoms in total. The van der Waals surface area contributed by atoms with Crippen LogP contribution in [0.2, 0.25) is 0 Å². The molecule has 1 unspecified atom stereocenters. The van der Waals surface area contributed by atoms with Crippen LogP contribution in [0, 0.1) is 5.41 Å². The van der Waals surface area contributed by atoms with Gasteiger partial charge in [0.25, 0.3) is 0 Å². The summed E-state index contributed by atoms with van der Waals surface area (Å²) in [5.41, 5.74) is 4.19. The normalized spacial score (nSPS) is 19.1. The molecule has 0 radical (unpaired) electrons. The number of nitrogens with two attached hydrogens (primary N) is 1. The third-order valence-electron chi connectivity index (χ3n) is 4.06. The molecule has 120 valence electrons. The molecule has 0 aliphatic carbocycles. The maximum absolute atomic E-state index is 12.1. The summed E-state index contributed by atoms with van der Waals surface area (Å²) in [6.45, 7) is 4.26. The summed E-state index contributed by atoms with van der Waals surface area (Å²) in [5.74, 6) is -1.54. The van der Waals surface area contributed by atoms with Crippen LogP contribution in [-0.2, 0) is 14.3 Å². The van der Waals surface area contributed by atoms with Crippen molar-refractivity contribution in [2.24, 2.45) is 11.1 Å². The molecule has 0 spiro atoms. The van der Waals surface area contributed by atoms with Gasteiger partial charge in [0.2, 0.25) is 5.91 Å².